The van der Waals surface area contributed by atoms with Crippen molar-refractivity contribution in [2.24, 2.45) is 11.7 Å². The molecule has 3 rings (SSSR count). The summed E-state index contributed by atoms with van der Waals surface area (Å²) in [5.74, 6) is 0.626. The van der Waals surface area contributed by atoms with Crippen LogP contribution >= 0.6 is 35.6 Å². The van der Waals surface area contributed by atoms with Crippen molar-refractivity contribution >= 4 is 47.2 Å². The Kier molecular flexibility index (Phi) is 7.74. The van der Waals surface area contributed by atoms with E-state index in [1.807, 2.05) is 18.2 Å². The summed E-state index contributed by atoms with van der Waals surface area (Å²) in [6.07, 6.45) is 0. The van der Waals surface area contributed by atoms with Crippen molar-refractivity contribution in [3.8, 4) is 0 Å². The second-order valence-electron chi connectivity index (χ2n) is 6.38. The van der Waals surface area contributed by atoms with E-state index in [1.165, 1.54) is 5.56 Å². The molecule has 1 fully saturated rings. The van der Waals surface area contributed by atoms with Crippen molar-refractivity contribution in [3.05, 3.63) is 64.1 Å². The van der Waals surface area contributed by atoms with Gasteiger partial charge < -0.3 is 11.1 Å². The zero-order valence-corrected chi connectivity index (χ0v) is 16.5. The number of carbonyl (C=O) groups is 1. The number of nitrogens with zero attached hydrogens (tertiary/aromatic N) is 1. The van der Waals surface area contributed by atoms with Crippen LogP contribution in [0.25, 0.3) is 0 Å². The lowest BCUT2D eigenvalue weighted by Crippen LogP contribution is -2.32. The monoisotopic (exact) mass is 413 g/mol. The standard InChI is InChI=1S/C19H21Cl2N3O.ClH/c20-15-6-7-18(17(21)8-15)23-19(25)12-24-10-14(9-22)16(11-24)13-4-2-1-3-5-13;/h1-8,14,16H,9-12,22H2,(H,23,25);1H/t14-,16+;/m1./s1. The Balaban J connectivity index is 0.00000243. The van der Waals surface area contributed by atoms with Gasteiger partial charge >= 0.3 is 0 Å². The summed E-state index contributed by atoms with van der Waals surface area (Å²) in [6.45, 7) is 2.57. The third kappa shape index (κ3) is 5.12. The molecule has 0 aliphatic carbocycles. The normalized spacial score (nSPS) is 19.8. The number of rotatable bonds is 5. The average Bonchev–Trinajstić information content (AvgIpc) is 3.01. The minimum absolute atomic E-state index is 0. The zero-order chi connectivity index (χ0) is 17.8. The summed E-state index contributed by atoms with van der Waals surface area (Å²) >= 11 is 12.0. The molecule has 140 valence electrons. The molecule has 0 bridgehead atoms. The lowest BCUT2D eigenvalue weighted by Gasteiger charge is -2.17. The summed E-state index contributed by atoms with van der Waals surface area (Å²) in [6, 6.07) is 15.4. The lowest BCUT2D eigenvalue weighted by molar-refractivity contribution is -0.117. The maximum absolute atomic E-state index is 12.4. The van der Waals surface area contributed by atoms with Gasteiger partial charge in [-0.3, -0.25) is 9.69 Å². The molecule has 7 heteroatoms. The van der Waals surface area contributed by atoms with Crippen molar-refractivity contribution < 1.29 is 4.79 Å². The topological polar surface area (TPSA) is 58.4 Å². The molecule has 2 atom stereocenters. The largest absolute Gasteiger partial charge is 0.330 e. The smallest absolute Gasteiger partial charge is 0.238 e. The first kappa shape index (κ1) is 21.0. The van der Waals surface area contributed by atoms with E-state index in [9.17, 15) is 4.79 Å². The molecule has 4 nitrogen and oxygen atoms in total. The van der Waals surface area contributed by atoms with E-state index in [2.05, 4.69) is 22.3 Å². The summed E-state index contributed by atoms with van der Waals surface area (Å²) < 4.78 is 0. The Labute approximate surface area is 170 Å². The Morgan fingerprint density at radius 3 is 2.54 bits per heavy atom. The predicted molar refractivity (Wildman–Crippen MR) is 111 cm³/mol. The second kappa shape index (κ2) is 9.58. The first-order chi connectivity index (χ1) is 12.1. The maximum atomic E-state index is 12.4. The molecule has 0 unspecified atom stereocenters. The van der Waals surface area contributed by atoms with E-state index in [1.54, 1.807) is 18.2 Å². The quantitative estimate of drug-likeness (QED) is 0.776. The first-order valence-electron chi connectivity index (χ1n) is 8.29. The van der Waals surface area contributed by atoms with Crippen LogP contribution in [0.3, 0.4) is 0 Å². The Hall–Kier alpha value is -1.30. The molecule has 26 heavy (non-hydrogen) atoms. The number of halogens is 3. The molecule has 0 spiro atoms. The number of hydrogen-bond acceptors (Lipinski definition) is 3. The van der Waals surface area contributed by atoms with E-state index in [-0.39, 0.29) is 18.3 Å². The molecular formula is C19H22Cl3N3O. The summed E-state index contributed by atoms with van der Waals surface area (Å²) in [5.41, 5.74) is 7.81. The Bertz CT molecular complexity index is 742. The molecule has 0 saturated carbocycles. The van der Waals surface area contributed by atoms with Gasteiger partial charge in [-0.15, -0.1) is 12.4 Å². The van der Waals surface area contributed by atoms with Crippen molar-refractivity contribution in [1.82, 2.24) is 4.90 Å². The molecule has 3 N–H and O–H groups in total. The molecule has 0 radical (unpaired) electrons. The maximum Gasteiger partial charge on any atom is 0.238 e. The summed E-state index contributed by atoms with van der Waals surface area (Å²) in [4.78, 5) is 14.5. The number of nitrogens with one attached hydrogen (secondary N) is 1. The minimum atomic E-state index is -0.0892. The fourth-order valence-electron chi connectivity index (χ4n) is 3.39. The van der Waals surface area contributed by atoms with Crippen molar-refractivity contribution in [3.63, 3.8) is 0 Å². The molecule has 2 aromatic carbocycles. The van der Waals surface area contributed by atoms with E-state index >= 15 is 0 Å². The first-order valence-corrected chi connectivity index (χ1v) is 9.04. The molecule has 1 aliphatic heterocycles. The number of likely N-dealkylation sites (tertiary alicyclic amines) is 1. The molecule has 1 amide bonds. The van der Waals surface area contributed by atoms with Crippen LogP contribution in [0.15, 0.2) is 48.5 Å². The summed E-state index contributed by atoms with van der Waals surface area (Å²) in [5, 5.41) is 3.82. The SMILES string of the molecule is Cl.NC[C@@H]1CN(CC(=O)Nc2ccc(Cl)cc2Cl)C[C@H]1c1ccccc1. The van der Waals surface area contributed by atoms with Crippen LogP contribution in [-0.2, 0) is 4.79 Å². The molecular weight excluding hydrogens is 393 g/mol. The average molecular weight is 415 g/mol. The molecule has 0 aromatic heterocycles. The van der Waals surface area contributed by atoms with Crippen molar-refractivity contribution in [1.29, 1.82) is 0 Å². The van der Waals surface area contributed by atoms with Gasteiger partial charge in [0, 0.05) is 24.0 Å². The van der Waals surface area contributed by atoms with Gasteiger partial charge in [-0.25, -0.2) is 0 Å². The van der Waals surface area contributed by atoms with Crippen LogP contribution in [-0.4, -0.2) is 37.0 Å². The number of benzene rings is 2. The fourth-order valence-corrected chi connectivity index (χ4v) is 3.85. The van der Waals surface area contributed by atoms with E-state index in [0.29, 0.717) is 40.7 Å². The number of nitrogens with two attached hydrogens (primary N) is 1. The minimum Gasteiger partial charge on any atom is -0.330 e. The van der Waals surface area contributed by atoms with Crippen LogP contribution in [0.5, 0.6) is 0 Å². The number of anilines is 1. The van der Waals surface area contributed by atoms with E-state index in [0.717, 1.165) is 13.1 Å². The third-order valence-electron chi connectivity index (χ3n) is 4.62. The molecule has 2 aromatic rings. The van der Waals surface area contributed by atoms with Crippen LogP contribution in [0, 0.1) is 5.92 Å². The number of amides is 1. The van der Waals surface area contributed by atoms with Crippen LogP contribution in [0.2, 0.25) is 10.0 Å². The highest BCUT2D eigenvalue weighted by Gasteiger charge is 2.33. The Morgan fingerprint density at radius 1 is 1.15 bits per heavy atom. The van der Waals surface area contributed by atoms with Crippen LogP contribution < -0.4 is 11.1 Å². The summed E-state index contributed by atoms with van der Waals surface area (Å²) in [7, 11) is 0. The van der Waals surface area contributed by atoms with Crippen molar-refractivity contribution in [2.75, 3.05) is 31.5 Å². The van der Waals surface area contributed by atoms with Gasteiger partial charge in [0.25, 0.3) is 0 Å². The number of carbonyl (C=O) groups excluding carboxylic acids is 1. The van der Waals surface area contributed by atoms with E-state index in [4.69, 9.17) is 28.9 Å². The second-order valence-corrected chi connectivity index (χ2v) is 7.22. The van der Waals surface area contributed by atoms with E-state index < -0.39 is 0 Å². The van der Waals surface area contributed by atoms with Gasteiger partial charge in [-0.1, -0.05) is 53.5 Å². The predicted octanol–water partition coefficient (Wildman–Crippen LogP) is 4.03. The zero-order valence-electron chi connectivity index (χ0n) is 14.2. The van der Waals surface area contributed by atoms with Crippen LogP contribution in [0.1, 0.15) is 11.5 Å². The van der Waals surface area contributed by atoms with Crippen LogP contribution in [0.4, 0.5) is 5.69 Å². The van der Waals surface area contributed by atoms with Gasteiger partial charge in [0.15, 0.2) is 0 Å². The molecule has 1 saturated heterocycles. The van der Waals surface area contributed by atoms with Gasteiger partial charge in [0.05, 0.1) is 17.3 Å². The van der Waals surface area contributed by atoms with Gasteiger partial charge in [0.2, 0.25) is 5.91 Å². The highest BCUT2D eigenvalue weighted by molar-refractivity contribution is 6.36. The lowest BCUT2D eigenvalue weighted by atomic mass is 9.89. The van der Waals surface area contributed by atoms with Crippen molar-refractivity contribution in [2.45, 2.75) is 5.92 Å². The molecule has 1 heterocycles. The van der Waals surface area contributed by atoms with Gasteiger partial charge in [0.1, 0.15) is 0 Å². The highest BCUT2D eigenvalue weighted by Crippen LogP contribution is 2.32. The number of hydrogen-bond donors (Lipinski definition) is 2. The highest BCUT2D eigenvalue weighted by atomic mass is 35.5. The molecule has 1 aliphatic rings. The fraction of sp³-hybridized carbons (Fsp3) is 0.316. The van der Waals surface area contributed by atoms with Gasteiger partial charge in [-0.05, 0) is 36.2 Å². The van der Waals surface area contributed by atoms with Gasteiger partial charge in [-0.2, -0.15) is 0 Å². The Morgan fingerprint density at radius 2 is 1.88 bits per heavy atom. The third-order valence-corrected chi connectivity index (χ3v) is 5.17.